The normalized spacial score (nSPS) is 17.8. The first kappa shape index (κ1) is 15.9. The summed E-state index contributed by atoms with van der Waals surface area (Å²) >= 11 is 0. The third-order valence-electron chi connectivity index (χ3n) is 2.48. The zero-order valence-electron chi connectivity index (χ0n) is 11.7. The van der Waals surface area contributed by atoms with Crippen molar-refractivity contribution in [1.29, 1.82) is 0 Å². The topological polar surface area (TPSA) is 41.5 Å². The van der Waals surface area contributed by atoms with E-state index in [0.717, 1.165) is 6.42 Å². The maximum atomic E-state index is 9.39. The zero-order valence-corrected chi connectivity index (χ0v) is 11.7. The molecule has 0 aliphatic rings. The molecule has 0 radical (unpaired) electrons. The van der Waals surface area contributed by atoms with Gasteiger partial charge in [-0.15, -0.1) is 0 Å². The Bertz CT molecular complexity index is 183. The van der Waals surface area contributed by atoms with Crippen molar-refractivity contribution >= 4 is 0 Å². The molecule has 0 aliphatic heterocycles. The minimum absolute atomic E-state index is 0.0968. The first-order valence-electron chi connectivity index (χ1n) is 6.29. The standard InChI is InChI=1S/C13H29NO2/c1-10(2)7-12(5)16-9-13(6,8-15)14-11(3)4/h10-12,14-15H,7-9H2,1-6H3. The molecule has 0 aromatic heterocycles. The van der Waals surface area contributed by atoms with Crippen molar-refractivity contribution in [1.82, 2.24) is 5.32 Å². The number of aliphatic hydroxyl groups is 1. The molecule has 0 fully saturated rings. The Hall–Kier alpha value is -0.120. The Balaban J connectivity index is 4.02. The number of nitrogens with one attached hydrogen (secondary N) is 1. The number of aliphatic hydroxyl groups excluding tert-OH is 1. The van der Waals surface area contributed by atoms with Crippen LogP contribution in [0.2, 0.25) is 0 Å². The van der Waals surface area contributed by atoms with Gasteiger partial charge in [0.15, 0.2) is 0 Å². The highest BCUT2D eigenvalue weighted by atomic mass is 16.5. The summed E-state index contributed by atoms with van der Waals surface area (Å²) in [5.41, 5.74) is -0.334. The lowest BCUT2D eigenvalue weighted by molar-refractivity contribution is -0.00621. The van der Waals surface area contributed by atoms with Crippen LogP contribution < -0.4 is 5.32 Å². The van der Waals surface area contributed by atoms with E-state index in [1.165, 1.54) is 0 Å². The largest absolute Gasteiger partial charge is 0.394 e. The maximum absolute atomic E-state index is 9.39. The zero-order chi connectivity index (χ0) is 12.8. The van der Waals surface area contributed by atoms with Gasteiger partial charge >= 0.3 is 0 Å². The second kappa shape index (κ2) is 7.25. The molecule has 0 rings (SSSR count). The van der Waals surface area contributed by atoms with Gasteiger partial charge in [-0.1, -0.05) is 27.7 Å². The monoisotopic (exact) mass is 231 g/mol. The fourth-order valence-corrected chi connectivity index (χ4v) is 1.89. The molecule has 2 atom stereocenters. The molecule has 0 spiro atoms. The van der Waals surface area contributed by atoms with Crippen molar-refractivity contribution in [3.05, 3.63) is 0 Å². The summed E-state index contributed by atoms with van der Waals surface area (Å²) in [6.07, 6.45) is 1.31. The van der Waals surface area contributed by atoms with Crippen LogP contribution in [0.5, 0.6) is 0 Å². The van der Waals surface area contributed by atoms with Gasteiger partial charge in [-0.25, -0.2) is 0 Å². The molecular formula is C13H29NO2. The van der Waals surface area contributed by atoms with E-state index in [1.807, 2.05) is 6.92 Å². The summed E-state index contributed by atoms with van der Waals surface area (Å²) in [6.45, 7) is 13.3. The van der Waals surface area contributed by atoms with Gasteiger partial charge in [0.05, 0.1) is 24.9 Å². The van der Waals surface area contributed by atoms with E-state index in [1.54, 1.807) is 0 Å². The van der Waals surface area contributed by atoms with Crippen LogP contribution in [0, 0.1) is 5.92 Å². The van der Waals surface area contributed by atoms with Gasteiger partial charge in [-0.2, -0.15) is 0 Å². The van der Waals surface area contributed by atoms with Gasteiger partial charge < -0.3 is 15.2 Å². The molecule has 0 bridgehead atoms. The maximum Gasteiger partial charge on any atom is 0.0671 e. The first-order valence-corrected chi connectivity index (χ1v) is 6.29. The average Bonchev–Trinajstić information content (AvgIpc) is 2.13. The predicted molar refractivity (Wildman–Crippen MR) is 68.6 cm³/mol. The molecule has 0 heterocycles. The molecule has 0 aliphatic carbocycles. The number of ether oxygens (including phenoxy) is 1. The molecule has 0 saturated heterocycles. The Morgan fingerprint density at radius 1 is 1.19 bits per heavy atom. The Morgan fingerprint density at radius 2 is 1.75 bits per heavy atom. The van der Waals surface area contributed by atoms with Crippen LogP contribution in [-0.4, -0.2) is 36.0 Å². The lowest BCUT2D eigenvalue weighted by Crippen LogP contribution is -2.53. The highest BCUT2D eigenvalue weighted by molar-refractivity contribution is 4.84. The quantitative estimate of drug-likeness (QED) is 0.673. The van der Waals surface area contributed by atoms with Crippen LogP contribution in [0.25, 0.3) is 0 Å². The fourth-order valence-electron chi connectivity index (χ4n) is 1.89. The molecular weight excluding hydrogens is 202 g/mol. The highest BCUT2D eigenvalue weighted by Gasteiger charge is 2.25. The van der Waals surface area contributed by atoms with Crippen molar-refractivity contribution in [2.24, 2.45) is 5.92 Å². The average molecular weight is 231 g/mol. The second-order valence-corrected chi connectivity index (χ2v) is 5.77. The molecule has 16 heavy (non-hydrogen) atoms. The molecule has 0 aromatic rings. The van der Waals surface area contributed by atoms with Crippen molar-refractivity contribution in [2.45, 2.75) is 65.6 Å². The van der Waals surface area contributed by atoms with Crippen LogP contribution in [-0.2, 0) is 4.74 Å². The van der Waals surface area contributed by atoms with E-state index in [4.69, 9.17) is 4.74 Å². The van der Waals surface area contributed by atoms with Gasteiger partial charge in [0, 0.05) is 6.04 Å². The van der Waals surface area contributed by atoms with Crippen LogP contribution >= 0.6 is 0 Å². The smallest absolute Gasteiger partial charge is 0.0671 e. The summed E-state index contributed by atoms with van der Waals surface area (Å²) < 4.78 is 5.79. The Labute approximate surface area is 101 Å². The summed E-state index contributed by atoms with van der Waals surface area (Å²) in [5, 5.41) is 12.7. The highest BCUT2D eigenvalue weighted by Crippen LogP contribution is 2.11. The van der Waals surface area contributed by atoms with E-state index in [9.17, 15) is 5.11 Å². The minimum Gasteiger partial charge on any atom is -0.394 e. The molecule has 0 amide bonds. The van der Waals surface area contributed by atoms with E-state index in [-0.39, 0.29) is 18.2 Å². The van der Waals surface area contributed by atoms with Crippen molar-refractivity contribution in [3.63, 3.8) is 0 Å². The van der Waals surface area contributed by atoms with Crippen LogP contribution in [0.4, 0.5) is 0 Å². The molecule has 2 unspecified atom stereocenters. The number of rotatable bonds is 8. The summed E-state index contributed by atoms with van der Waals surface area (Å²) in [7, 11) is 0. The van der Waals surface area contributed by atoms with Gasteiger partial charge in [-0.05, 0) is 26.2 Å². The lowest BCUT2D eigenvalue weighted by Gasteiger charge is -2.32. The lowest BCUT2D eigenvalue weighted by atomic mass is 10.0. The van der Waals surface area contributed by atoms with E-state index < -0.39 is 0 Å². The summed E-state index contributed by atoms with van der Waals surface area (Å²) in [4.78, 5) is 0. The molecule has 3 nitrogen and oxygen atoms in total. The van der Waals surface area contributed by atoms with Gasteiger partial charge in [0.2, 0.25) is 0 Å². The van der Waals surface area contributed by atoms with E-state index >= 15 is 0 Å². The van der Waals surface area contributed by atoms with Crippen LogP contribution in [0.15, 0.2) is 0 Å². The molecule has 98 valence electrons. The number of hydrogen-bond acceptors (Lipinski definition) is 3. The van der Waals surface area contributed by atoms with E-state index in [0.29, 0.717) is 18.6 Å². The minimum atomic E-state index is -0.334. The van der Waals surface area contributed by atoms with Crippen LogP contribution in [0.1, 0.15) is 48.0 Å². The van der Waals surface area contributed by atoms with Crippen molar-refractivity contribution in [2.75, 3.05) is 13.2 Å². The van der Waals surface area contributed by atoms with Gasteiger partial charge in [0.1, 0.15) is 0 Å². The third kappa shape index (κ3) is 7.20. The molecule has 3 heteroatoms. The third-order valence-corrected chi connectivity index (χ3v) is 2.48. The SMILES string of the molecule is CC(C)CC(C)OCC(C)(CO)NC(C)C. The van der Waals surface area contributed by atoms with Crippen molar-refractivity contribution in [3.8, 4) is 0 Å². The van der Waals surface area contributed by atoms with Crippen LogP contribution in [0.3, 0.4) is 0 Å². The molecule has 0 saturated carbocycles. The molecule has 2 N–H and O–H groups in total. The fraction of sp³-hybridized carbons (Fsp3) is 1.00. The van der Waals surface area contributed by atoms with Gasteiger partial charge in [-0.3, -0.25) is 0 Å². The second-order valence-electron chi connectivity index (χ2n) is 5.77. The first-order chi connectivity index (χ1) is 7.29. The summed E-state index contributed by atoms with van der Waals surface area (Å²) in [6, 6.07) is 0.348. The van der Waals surface area contributed by atoms with Gasteiger partial charge in [0.25, 0.3) is 0 Å². The Kier molecular flexibility index (Phi) is 7.20. The Morgan fingerprint density at radius 3 is 2.12 bits per heavy atom. The van der Waals surface area contributed by atoms with E-state index in [2.05, 4.69) is 39.9 Å². The predicted octanol–water partition coefficient (Wildman–Crippen LogP) is 2.19. The molecule has 0 aromatic carbocycles. The summed E-state index contributed by atoms with van der Waals surface area (Å²) in [5.74, 6) is 0.647. The van der Waals surface area contributed by atoms with Crippen molar-refractivity contribution < 1.29 is 9.84 Å². The number of hydrogen-bond donors (Lipinski definition) is 2.